The van der Waals surface area contributed by atoms with Crippen molar-refractivity contribution in [2.75, 3.05) is 19.4 Å². The summed E-state index contributed by atoms with van der Waals surface area (Å²) in [5.41, 5.74) is 1.16. The van der Waals surface area contributed by atoms with Crippen molar-refractivity contribution in [3.05, 3.63) is 29.8 Å². The van der Waals surface area contributed by atoms with Gasteiger partial charge in [-0.2, -0.15) is 0 Å². The SMILES string of the molecule is COc1ccccc1C(NCC1CCCS1(=O)=O)C1CCCC1. The summed E-state index contributed by atoms with van der Waals surface area (Å²) in [4.78, 5) is 0. The standard InChI is InChI=1S/C18H27NO3S/c1-22-17-11-5-4-10-16(17)18(14-7-2-3-8-14)19-13-15-9-6-12-23(15,20)21/h4-5,10-11,14-15,18-19H,2-3,6-9,12-13H2,1H3. The van der Waals surface area contributed by atoms with Crippen LogP contribution in [0.2, 0.25) is 0 Å². The van der Waals surface area contributed by atoms with Gasteiger partial charge < -0.3 is 10.1 Å². The van der Waals surface area contributed by atoms with E-state index in [4.69, 9.17) is 4.74 Å². The normalized spacial score (nSPS) is 25.5. The zero-order chi connectivity index (χ0) is 16.3. The maximum Gasteiger partial charge on any atom is 0.154 e. The van der Waals surface area contributed by atoms with Crippen molar-refractivity contribution in [3.63, 3.8) is 0 Å². The molecule has 4 nitrogen and oxygen atoms in total. The number of hydrogen-bond donors (Lipinski definition) is 1. The topological polar surface area (TPSA) is 55.4 Å². The second-order valence-corrected chi connectivity index (χ2v) is 9.20. The third-order valence-corrected chi connectivity index (χ3v) is 7.65. The Labute approximate surface area is 139 Å². The first kappa shape index (κ1) is 16.8. The Morgan fingerprint density at radius 2 is 1.91 bits per heavy atom. The monoisotopic (exact) mass is 337 g/mol. The minimum Gasteiger partial charge on any atom is -0.496 e. The van der Waals surface area contributed by atoms with Gasteiger partial charge in [0.05, 0.1) is 18.1 Å². The van der Waals surface area contributed by atoms with Crippen LogP contribution >= 0.6 is 0 Å². The summed E-state index contributed by atoms with van der Waals surface area (Å²) in [5.74, 6) is 1.81. The molecule has 0 amide bonds. The summed E-state index contributed by atoms with van der Waals surface area (Å²) in [6.07, 6.45) is 6.52. The van der Waals surface area contributed by atoms with Crippen LogP contribution in [0.5, 0.6) is 5.75 Å². The number of benzene rings is 1. The quantitative estimate of drug-likeness (QED) is 0.867. The van der Waals surface area contributed by atoms with Gasteiger partial charge in [0.2, 0.25) is 0 Å². The lowest BCUT2D eigenvalue weighted by atomic mass is 9.91. The van der Waals surface area contributed by atoms with Gasteiger partial charge in [0.1, 0.15) is 5.75 Å². The summed E-state index contributed by atoms with van der Waals surface area (Å²) in [5, 5.41) is 3.37. The van der Waals surface area contributed by atoms with E-state index in [1.807, 2.05) is 18.2 Å². The predicted molar refractivity (Wildman–Crippen MR) is 92.5 cm³/mol. The van der Waals surface area contributed by atoms with Gasteiger partial charge in [-0.05, 0) is 37.7 Å². The van der Waals surface area contributed by atoms with Gasteiger partial charge in [0, 0.05) is 18.2 Å². The van der Waals surface area contributed by atoms with E-state index in [1.54, 1.807) is 7.11 Å². The molecule has 1 N–H and O–H groups in total. The number of para-hydroxylation sites is 1. The second-order valence-electron chi connectivity index (χ2n) is 6.80. The molecule has 1 aliphatic carbocycles. The van der Waals surface area contributed by atoms with E-state index >= 15 is 0 Å². The van der Waals surface area contributed by atoms with Gasteiger partial charge >= 0.3 is 0 Å². The molecule has 2 atom stereocenters. The first-order valence-corrected chi connectivity index (χ1v) is 10.4. The second kappa shape index (κ2) is 7.22. The number of ether oxygens (including phenoxy) is 1. The highest BCUT2D eigenvalue weighted by molar-refractivity contribution is 7.92. The van der Waals surface area contributed by atoms with Crippen molar-refractivity contribution < 1.29 is 13.2 Å². The molecule has 23 heavy (non-hydrogen) atoms. The molecule has 1 saturated heterocycles. The smallest absolute Gasteiger partial charge is 0.154 e. The summed E-state index contributed by atoms with van der Waals surface area (Å²) in [7, 11) is -1.20. The van der Waals surface area contributed by atoms with E-state index in [0.29, 0.717) is 18.2 Å². The van der Waals surface area contributed by atoms with E-state index in [-0.39, 0.29) is 11.3 Å². The lowest BCUT2D eigenvalue weighted by Gasteiger charge is -2.28. The Morgan fingerprint density at radius 3 is 2.57 bits per heavy atom. The molecule has 0 bridgehead atoms. The highest BCUT2D eigenvalue weighted by atomic mass is 32.2. The lowest BCUT2D eigenvalue weighted by molar-refractivity contribution is 0.344. The number of hydrogen-bond acceptors (Lipinski definition) is 4. The summed E-state index contributed by atoms with van der Waals surface area (Å²) in [6.45, 7) is 0.557. The largest absolute Gasteiger partial charge is 0.496 e. The van der Waals surface area contributed by atoms with Gasteiger partial charge in [-0.15, -0.1) is 0 Å². The maximum absolute atomic E-state index is 12.1. The van der Waals surface area contributed by atoms with Gasteiger partial charge in [-0.25, -0.2) is 8.42 Å². The fraction of sp³-hybridized carbons (Fsp3) is 0.667. The third-order valence-electron chi connectivity index (χ3n) is 5.37. The molecule has 1 aromatic rings. The highest BCUT2D eigenvalue weighted by Crippen LogP contribution is 2.39. The molecule has 1 aliphatic heterocycles. The summed E-state index contributed by atoms with van der Waals surface area (Å²) < 4.78 is 29.7. The molecule has 1 heterocycles. The fourth-order valence-corrected chi connectivity index (χ4v) is 5.87. The van der Waals surface area contributed by atoms with E-state index in [0.717, 1.165) is 24.2 Å². The van der Waals surface area contributed by atoms with Gasteiger partial charge in [-0.3, -0.25) is 0 Å². The van der Waals surface area contributed by atoms with Crippen LogP contribution in [-0.2, 0) is 9.84 Å². The van der Waals surface area contributed by atoms with Crippen LogP contribution in [0.1, 0.15) is 50.1 Å². The van der Waals surface area contributed by atoms with Gasteiger partial charge in [-0.1, -0.05) is 31.0 Å². The van der Waals surface area contributed by atoms with E-state index < -0.39 is 9.84 Å². The first-order chi connectivity index (χ1) is 11.1. The van der Waals surface area contributed by atoms with Crippen LogP contribution < -0.4 is 10.1 Å². The molecule has 128 valence electrons. The summed E-state index contributed by atoms with van der Waals surface area (Å²) in [6, 6.07) is 8.30. The maximum atomic E-state index is 12.1. The Hall–Kier alpha value is -1.07. The first-order valence-electron chi connectivity index (χ1n) is 8.69. The molecule has 2 unspecified atom stereocenters. The third kappa shape index (κ3) is 3.72. The van der Waals surface area contributed by atoms with Crippen molar-refractivity contribution in [3.8, 4) is 5.75 Å². The number of nitrogens with one attached hydrogen (secondary N) is 1. The van der Waals surface area contributed by atoms with Crippen LogP contribution in [0, 0.1) is 5.92 Å². The minimum absolute atomic E-state index is 0.185. The van der Waals surface area contributed by atoms with Gasteiger partial charge in [0.25, 0.3) is 0 Å². The number of rotatable bonds is 6. The average molecular weight is 337 g/mol. The minimum atomic E-state index is -2.90. The van der Waals surface area contributed by atoms with Crippen molar-refractivity contribution in [2.45, 2.75) is 49.8 Å². The van der Waals surface area contributed by atoms with Crippen molar-refractivity contribution >= 4 is 9.84 Å². The van der Waals surface area contributed by atoms with Gasteiger partial charge in [0.15, 0.2) is 9.84 Å². The van der Waals surface area contributed by atoms with Crippen molar-refractivity contribution in [2.24, 2.45) is 5.92 Å². The average Bonchev–Trinajstić information content (AvgIpc) is 3.18. The molecule has 0 aromatic heterocycles. The summed E-state index contributed by atoms with van der Waals surface area (Å²) >= 11 is 0. The Kier molecular flexibility index (Phi) is 5.27. The molecule has 0 spiro atoms. The van der Waals surface area contributed by atoms with Crippen LogP contribution in [0.3, 0.4) is 0 Å². The fourth-order valence-electron chi connectivity index (χ4n) is 4.09. The lowest BCUT2D eigenvalue weighted by Crippen LogP contribution is -2.36. The van der Waals surface area contributed by atoms with Crippen LogP contribution in [-0.4, -0.2) is 33.1 Å². The molecule has 2 fully saturated rings. The van der Waals surface area contributed by atoms with Crippen molar-refractivity contribution in [1.82, 2.24) is 5.32 Å². The number of methoxy groups -OCH3 is 1. The van der Waals surface area contributed by atoms with Crippen LogP contribution in [0.25, 0.3) is 0 Å². The molecule has 3 rings (SSSR count). The van der Waals surface area contributed by atoms with Crippen LogP contribution in [0.15, 0.2) is 24.3 Å². The predicted octanol–water partition coefficient (Wildman–Crippen LogP) is 3.09. The molecule has 5 heteroatoms. The Morgan fingerprint density at radius 1 is 1.17 bits per heavy atom. The highest BCUT2D eigenvalue weighted by Gasteiger charge is 2.34. The molecular weight excluding hydrogens is 310 g/mol. The Bertz CT molecular complexity index is 623. The zero-order valence-electron chi connectivity index (χ0n) is 13.8. The molecular formula is C18H27NO3S. The van der Waals surface area contributed by atoms with E-state index in [9.17, 15) is 8.42 Å². The van der Waals surface area contributed by atoms with Crippen molar-refractivity contribution in [1.29, 1.82) is 0 Å². The zero-order valence-corrected chi connectivity index (χ0v) is 14.6. The molecule has 2 aliphatic rings. The molecule has 1 saturated carbocycles. The molecule has 1 aromatic carbocycles. The van der Waals surface area contributed by atoms with Crippen LogP contribution in [0.4, 0.5) is 0 Å². The Balaban J connectivity index is 1.78. The van der Waals surface area contributed by atoms with E-state index in [2.05, 4.69) is 11.4 Å². The number of sulfone groups is 1. The van der Waals surface area contributed by atoms with E-state index in [1.165, 1.54) is 25.7 Å². The molecule has 0 radical (unpaired) electrons.